The summed E-state index contributed by atoms with van der Waals surface area (Å²) in [5.74, 6) is 3.23. The van der Waals surface area contributed by atoms with Crippen LogP contribution >= 0.6 is 11.6 Å². The predicted octanol–water partition coefficient (Wildman–Crippen LogP) is 3.29. The Hall–Kier alpha value is -3.28. The molecule has 0 bridgehead atoms. The third-order valence-electron chi connectivity index (χ3n) is 4.40. The van der Waals surface area contributed by atoms with Gasteiger partial charge in [-0.2, -0.15) is 4.98 Å². The number of methoxy groups -OCH3 is 1. The van der Waals surface area contributed by atoms with Crippen molar-refractivity contribution in [2.24, 2.45) is 0 Å². The lowest BCUT2D eigenvalue weighted by Crippen LogP contribution is -2.38. The minimum Gasteiger partial charge on any atom is -0.430 e. The number of halogens is 1. The van der Waals surface area contributed by atoms with Crippen LogP contribution in [0.2, 0.25) is 5.28 Å². The highest BCUT2D eigenvalue weighted by molar-refractivity contribution is 6.28. The summed E-state index contributed by atoms with van der Waals surface area (Å²) in [6, 6.07) is 10.4. The first-order valence-electron chi connectivity index (χ1n) is 8.67. The number of ether oxygens (including phenoxy) is 3. The third-order valence-corrected chi connectivity index (χ3v) is 4.57. The zero-order valence-electron chi connectivity index (χ0n) is 15.7. The number of aryl methyl sites for hydroxylation is 1. The smallest absolute Gasteiger partial charge is 0.430 e. The molecule has 0 spiro atoms. The molecular formula is C20H19ClN4O4. The molecule has 0 aliphatic heterocycles. The van der Waals surface area contributed by atoms with Gasteiger partial charge in [0.25, 0.3) is 0 Å². The number of benzene rings is 1. The first kappa shape index (κ1) is 20.5. The van der Waals surface area contributed by atoms with Crippen LogP contribution in [0, 0.1) is 12.3 Å². The van der Waals surface area contributed by atoms with E-state index in [-0.39, 0.29) is 11.9 Å². The number of carbonyl (C=O) groups excluding carboxylic acids is 1. The Morgan fingerprint density at radius 3 is 2.76 bits per heavy atom. The molecular weight excluding hydrogens is 396 g/mol. The molecule has 150 valence electrons. The SMILES string of the molecule is C#CC(CCn1ccc2c(N)nc(Cl)nc21)(COC(=O)Oc1ccccc1)OC. The van der Waals surface area contributed by atoms with Gasteiger partial charge in [0.15, 0.2) is 5.60 Å². The molecule has 9 heteroatoms. The molecule has 1 unspecified atom stereocenters. The van der Waals surface area contributed by atoms with Gasteiger partial charge in [-0.05, 0) is 29.8 Å². The van der Waals surface area contributed by atoms with E-state index in [0.29, 0.717) is 35.6 Å². The first-order valence-corrected chi connectivity index (χ1v) is 9.04. The number of fused-ring (bicyclic) bond motifs is 1. The summed E-state index contributed by atoms with van der Waals surface area (Å²) in [6.07, 6.45) is 6.94. The highest BCUT2D eigenvalue weighted by Crippen LogP contribution is 2.23. The number of terminal acetylenes is 1. The number of rotatable bonds is 7. The summed E-state index contributed by atoms with van der Waals surface area (Å²) in [5, 5.41) is 0.734. The molecule has 8 nitrogen and oxygen atoms in total. The molecule has 2 aromatic heterocycles. The number of para-hydroxylation sites is 1. The van der Waals surface area contributed by atoms with Crippen LogP contribution in [-0.4, -0.2) is 40.0 Å². The summed E-state index contributed by atoms with van der Waals surface area (Å²) >= 11 is 5.90. The van der Waals surface area contributed by atoms with Gasteiger partial charge in [-0.15, -0.1) is 6.42 Å². The molecule has 1 atom stereocenters. The molecule has 29 heavy (non-hydrogen) atoms. The first-order chi connectivity index (χ1) is 14.0. The standard InChI is InChI=1S/C20H19ClN4O4/c1-3-20(27-2,13-28-19(26)29-14-7-5-4-6-8-14)10-12-25-11-9-15-16(22)23-18(21)24-17(15)25/h1,4-9,11H,10,12-13H2,2H3,(H2,22,23,24). The van der Waals surface area contributed by atoms with Gasteiger partial charge in [-0.25, -0.2) is 9.78 Å². The number of nitrogen functional groups attached to an aromatic ring is 1. The number of carbonyl (C=O) groups is 1. The molecule has 2 heterocycles. The van der Waals surface area contributed by atoms with Crippen molar-refractivity contribution in [1.29, 1.82) is 0 Å². The van der Waals surface area contributed by atoms with Gasteiger partial charge < -0.3 is 24.5 Å². The Morgan fingerprint density at radius 1 is 1.31 bits per heavy atom. The van der Waals surface area contributed by atoms with Gasteiger partial charge in [0, 0.05) is 26.3 Å². The fourth-order valence-corrected chi connectivity index (χ4v) is 2.91. The van der Waals surface area contributed by atoms with E-state index in [2.05, 4.69) is 15.9 Å². The fraction of sp³-hybridized carbons (Fsp3) is 0.250. The fourth-order valence-electron chi connectivity index (χ4n) is 2.74. The van der Waals surface area contributed by atoms with Crippen molar-refractivity contribution in [2.45, 2.75) is 18.6 Å². The molecule has 0 aliphatic carbocycles. The van der Waals surface area contributed by atoms with Gasteiger partial charge in [-0.3, -0.25) is 0 Å². The van der Waals surface area contributed by atoms with E-state index in [4.69, 9.17) is 38.0 Å². The molecule has 1 aromatic carbocycles. The maximum Gasteiger partial charge on any atom is 0.513 e. The summed E-state index contributed by atoms with van der Waals surface area (Å²) in [6.45, 7) is 0.244. The van der Waals surface area contributed by atoms with Crippen molar-refractivity contribution in [1.82, 2.24) is 14.5 Å². The third kappa shape index (κ3) is 4.77. The molecule has 0 aliphatic rings. The number of hydrogen-bond acceptors (Lipinski definition) is 7. The highest BCUT2D eigenvalue weighted by Gasteiger charge is 2.30. The van der Waals surface area contributed by atoms with E-state index in [9.17, 15) is 4.79 Å². The summed E-state index contributed by atoms with van der Waals surface area (Å²) in [4.78, 5) is 20.1. The summed E-state index contributed by atoms with van der Waals surface area (Å²) in [5.41, 5.74) is 5.31. The monoisotopic (exact) mass is 414 g/mol. The maximum absolute atomic E-state index is 12.0. The number of aromatic nitrogens is 3. The molecule has 2 N–H and O–H groups in total. The van der Waals surface area contributed by atoms with Crippen molar-refractivity contribution in [3.63, 3.8) is 0 Å². The lowest BCUT2D eigenvalue weighted by molar-refractivity contribution is -0.0299. The second kappa shape index (κ2) is 8.82. The number of anilines is 1. The Morgan fingerprint density at radius 2 is 2.07 bits per heavy atom. The van der Waals surface area contributed by atoms with Crippen molar-refractivity contribution >= 4 is 34.6 Å². The normalized spacial score (nSPS) is 12.9. The Labute approximate surface area is 172 Å². The average molecular weight is 415 g/mol. The van der Waals surface area contributed by atoms with Crippen molar-refractivity contribution in [3.05, 3.63) is 47.9 Å². The Kier molecular flexibility index (Phi) is 6.22. The van der Waals surface area contributed by atoms with Crippen LogP contribution in [0.25, 0.3) is 11.0 Å². The number of nitrogens with zero attached hydrogens (tertiary/aromatic N) is 3. The van der Waals surface area contributed by atoms with Crippen LogP contribution in [0.3, 0.4) is 0 Å². The van der Waals surface area contributed by atoms with Crippen LogP contribution < -0.4 is 10.5 Å². The van der Waals surface area contributed by atoms with Crippen LogP contribution in [-0.2, 0) is 16.0 Å². The summed E-state index contributed by atoms with van der Waals surface area (Å²) < 4.78 is 17.6. The van der Waals surface area contributed by atoms with E-state index in [1.54, 1.807) is 36.5 Å². The van der Waals surface area contributed by atoms with Crippen molar-refractivity contribution in [2.75, 3.05) is 19.5 Å². The van der Waals surface area contributed by atoms with Crippen LogP contribution in [0.5, 0.6) is 5.75 Å². The zero-order chi connectivity index (χ0) is 20.9. The second-order valence-corrected chi connectivity index (χ2v) is 6.51. The van der Waals surface area contributed by atoms with E-state index in [1.807, 2.05) is 10.6 Å². The largest absolute Gasteiger partial charge is 0.513 e. The minimum atomic E-state index is -1.14. The molecule has 0 amide bonds. The van der Waals surface area contributed by atoms with Gasteiger partial charge in [0.1, 0.15) is 23.8 Å². The molecule has 3 aromatic rings. The van der Waals surface area contributed by atoms with Crippen LogP contribution in [0.1, 0.15) is 6.42 Å². The van der Waals surface area contributed by atoms with Crippen LogP contribution in [0.15, 0.2) is 42.6 Å². The van der Waals surface area contributed by atoms with Crippen LogP contribution in [0.4, 0.5) is 10.6 Å². The topological polar surface area (TPSA) is 101 Å². The summed E-state index contributed by atoms with van der Waals surface area (Å²) in [7, 11) is 1.45. The molecule has 0 fully saturated rings. The predicted molar refractivity (Wildman–Crippen MR) is 109 cm³/mol. The lowest BCUT2D eigenvalue weighted by Gasteiger charge is -2.26. The molecule has 0 saturated carbocycles. The highest BCUT2D eigenvalue weighted by atomic mass is 35.5. The van der Waals surface area contributed by atoms with Crippen molar-refractivity contribution < 1.29 is 19.0 Å². The lowest BCUT2D eigenvalue weighted by atomic mass is 10.0. The number of hydrogen-bond donors (Lipinski definition) is 1. The van der Waals surface area contributed by atoms with Gasteiger partial charge >= 0.3 is 6.16 Å². The van der Waals surface area contributed by atoms with Gasteiger partial charge in [0.2, 0.25) is 5.28 Å². The van der Waals surface area contributed by atoms with Crippen molar-refractivity contribution in [3.8, 4) is 18.1 Å². The molecule has 3 rings (SSSR count). The Bertz CT molecular complexity index is 1050. The minimum absolute atomic E-state index is 0.0527. The van der Waals surface area contributed by atoms with E-state index in [1.165, 1.54) is 7.11 Å². The average Bonchev–Trinajstić information content (AvgIpc) is 3.13. The maximum atomic E-state index is 12.0. The van der Waals surface area contributed by atoms with Gasteiger partial charge in [-0.1, -0.05) is 24.1 Å². The Balaban J connectivity index is 1.66. The molecule has 0 saturated heterocycles. The second-order valence-electron chi connectivity index (χ2n) is 6.17. The molecule has 0 radical (unpaired) electrons. The zero-order valence-corrected chi connectivity index (χ0v) is 16.4. The number of nitrogens with two attached hydrogens (primary N) is 1. The van der Waals surface area contributed by atoms with Gasteiger partial charge in [0.05, 0.1) is 5.39 Å². The quantitative estimate of drug-likeness (QED) is 0.274. The van der Waals surface area contributed by atoms with E-state index in [0.717, 1.165) is 0 Å². The van der Waals surface area contributed by atoms with E-state index >= 15 is 0 Å². The van der Waals surface area contributed by atoms with E-state index < -0.39 is 11.8 Å².